The number of sulfonamides is 1. The van der Waals surface area contributed by atoms with Crippen LogP contribution in [0.25, 0.3) is 0 Å². The minimum Gasteiger partial charge on any atom is -0.492 e. The fourth-order valence-corrected chi connectivity index (χ4v) is 3.96. The van der Waals surface area contributed by atoms with Crippen LogP contribution >= 0.6 is 0 Å². The molecular weight excluding hydrogens is 400 g/mol. The van der Waals surface area contributed by atoms with Crippen LogP contribution in [0.2, 0.25) is 0 Å². The minimum absolute atomic E-state index is 0.0280. The summed E-state index contributed by atoms with van der Waals surface area (Å²) in [4.78, 5) is 12.6. The van der Waals surface area contributed by atoms with E-state index in [1.165, 1.54) is 12.1 Å². The van der Waals surface area contributed by atoms with Gasteiger partial charge in [0.1, 0.15) is 12.4 Å². The molecule has 0 unspecified atom stereocenters. The van der Waals surface area contributed by atoms with Crippen molar-refractivity contribution in [3.63, 3.8) is 0 Å². The molecular formula is C23H24N2O4S. The Bertz CT molecular complexity index is 1130. The topological polar surface area (TPSA) is 84.5 Å². The molecule has 7 heteroatoms. The molecule has 0 atom stereocenters. The predicted molar refractivity (Wildman–Crippen MR) is 117 cm³/mol. The largest absolute Gasteiger partial charge is 0.492 e. The number of para-hydroxylation sites is 1. The fourth-order valence-electron chi connectivity index (χ4n) is 2.88. The lowest BCUT2D eigenvalue weighted by atomic mass is 10.1. The Kier molecular flexibility index (Phi) is 6.74. The van der Waals surface area contributed by atoms with Crippen molar-refractivity contribution < 1.29 is 17.9 Å². The van der Waals surface area contributed by atoms with Crippen LogP contribution in [-0.4, -0.2) is 27.5 Å². The van der Waals surface area contributed by atoms with Gasteiger partial charge in [0.05, 0.1) is 11.4 Å². The van der Waals surface area contributed by atoms with Gasteiger partial charge in [0.15, 0.2) is 0 Å². The van der Waals surface area contributed by atoms with E-state index in [-0.39, 0.29) is 10.8 Å². The molecule has 0 radical (unpaired) electrons. The van der Waals surface area contributed by atoms with Crippen molar-refractivity contribution in [3.05, 3.63) is 89.5 Å². The molecule has 0 aliphatic rings. The van der Waals surface area contributed by atoms with Crippen LogP contribution in [0.4, 0.5) is 5.69 Å². The number of anilines is 1. The quantitative estimate of drug-likeness (QED) is 0.537. The third-order valence-electron chi connectivity index (χ3n) is 4.43. The Morgan fingerprint density at radius 2 is 1.70 bits per heavy atom. The van der Waals surface area contributed by atoms with Gasteiger partial charge in [-0.3, -0.25) is 9.52 Å². The second-order valence-electron chi connectivity index (χ2n) is 6.87. The van der Waals surface area contributed by atoms with Crippen molar-refractivity contribution in [1.29, 1.82) is 0 Å². The number of aryl methyl sites for hydroxylation is 2. The molecule has 156 valence electrons. The van der Waals surface area contributed by atoms with Crippen LogP contribution in [-0.2, 0) is 10.0 Å². The molecule has 0 saturated heterocycles. The highest BCUT2D eigenvalue weighted by molar-refractivity contribution is 7.92. The summed E-state index contributed by atoms with van der Waals surface area (Å²) in [6.45, 7) is 4.25. The van der Waals surface area contributed by atoms with E-state index in [0.717, 1.165) is 11.3 Å². The van der Waals surface area contributed by atoms with E-state index >= 15 is 0 Å². The lowest BCUT2D eigenvalue weighted by Crippen LogP contribution is -2.29. The van der Waals surface area contributed by atoms with E-state index in [1.807, 2.05) is 43.3 Å². The standard InChI is InChI=1S/C23H24N2O4S/c1-17-7-6-8-19(15-17)25-30(27,28)21-12-11-18(2)22(16-21)23(26)24-13-14-29-20-9-4-3-5-10-20/h3-12,15-16,25H,13-14H2,1-2H3,(H,24,26). The molecule has 0 saturated carbocycles. The Balaban J connectivity index is 1.67. The van der Waals surface area contributed by atoms with Gasteiger partial charge in [0.2, 0.25) is 0 Å². The zero-order chi connectivity index (χ0) is 21.6. The average Bonchev–Trinajstić information content (AvgIpc) is 2.71. The van der Waals surface area contributed by atoms with E-state index in [4.69, 9.17) is 4.74 Å². The highest BCUT2D eigenvalue weighted by atomic mass is 32.2. The molecule has 0 spiro atoms. The van der Waals surface area contributed by atoms with Gasteiger partial charge in [-0.1, -0.05) is 36.4 Å². The zero-order valence-electron chi connectivity index (χ0n) is 16.9. The number of benzene rings is 3. The Labute approximate surface area is 177 Å². The van der Waals surface area contributed by atoms with Gasteiger partial charge in [-0.15, -0.1) is 0 Å². The summed E-state index contributed by atoms with van der Waals surface area (Å²) in [6.07, 6.45) is 0. The second kappa shape index (κ2) is 9.45. The van der Waals surface area contributed by atoms with Gasteiger partial charge >= 0.3 is 0 Å². The van der Waals surface area contributed by atoms with E-state index in [0.29, 0.717) is 30.0 Å². The number of carbonyl (C=O) groups is 1. The summed E-state index contributed by atoms with van der Waals surface area (Å²) in [5, 5.41) is 2.77. The van der Waals surface area contributed by atoms with E-state index in [1.54, 1.807) is 31.2 Å². The zero-order valence-corrected chi connectivity index (χ0v) is 17.7. The Morgan fingerprint density at radius 1 is 0.933 bits per heavy atom. The third-order valence-corrected chi connectivity index (χ3v) is 5.81. The first-order valence-corrected chi connectivity index (χ1v) is 11.0. The lowest BCUT2D eigenvalue weighted by molar-refractivity contribution is 0.0946. The first kappa shape index (κ1) is 21.4. The number of nitrogens with one attached hydrogen (secondary N) is 2. The highest BCUT2D eigenvalue weighted by Gasteiger charge is 2.18. The fraction of sp³-hybridized carbons (Fsp3) is 0.174. The van der Waals surface area contributed by atoms with Crippen LogP contribution < -0.4 is 14.8 Å². The number of amides is 1. The van der Waals surface area contributed by atoms with Crippen molar-refractivity contribution >= 4 is 21.6 Å². The van der Waals surface area contributed by atoms with Gasteiger partial charge in [0, 0.05) is 11.3 Å². The highest BCUT2D eigenvalue weighted by Crippen LogP contribution is 2.20. The number of ether oxygens (including phenoxy) is 1. The molecule has 30 heavy (non-hydrogen) atoms. The number of hydrogen-bond acceptors (Lipinski definition) is 4. The van der Waals surface area contributed by atoms with Crippen molar-refractivity contribution in [2.45, 2.75) is 18.7 Å². The number of rotatable bonds is 8. The van der Waals surface area contributed by atoms with Crippen LogP contribution in [0.1, 0.15) is 21.5 Å². The summed E-state index contributed by atoms with van der Waals surface area (Å²) >= 11 is 0. The van der Waals surface area contributed by atoms with Gasteiger partial charge in [-0.25, -0.2) is 8.42 Å². The summed E-state index contributed by atoms with van der Waals surface area (Å²) < 4.78 is 33.6. The van der Waals surface area contributed by atoms with Crippen molar-refractivity contribution in [1.82, 2.24) is 5.32 Å². The maximum absolute atomic E-state index is 12.8. The van der Waals surface area contributed by atoms with Gasteiger partial charge in [-0.05, 0) is 61.4 Å². The smallest absolute Gasteiger partial charge is 0.261 e. The molecule has 0 aromatic heterocycles. The van der Waals surface area contributed by atoms with Crippen molar-refractivity contribution in [3.8, 4) is 5.75 Å². The molecule has 3 aromatic rings. The van der Waals surface area contributed by atoms with Crippen LogP contribution in [0.3, 0.4) is 0 Å². The van der Waals surface area contributed by atoms with Gasteiger partial charge in [-0.2, -0.15) is 0 Å². The van der Waals surface area contributed by atoms with Crippen LogP contribution in [0.5, 0.6) is 5.75 Å². The van der Waals surface area contributed by atoms with Gasteiger partial charge < -0.3 is 10.1 Å². The van der Waals surface area contributed by atoms with Crippen LogP contribution in [0.15, 0.2) is 77.7 Å². The van der Waals surface area contributed by atoms with E-state index < -0.39 is 10.0 Å². The summed E-state index contributed by atoms with van der Waals surface area (Å²) in [7, 11) is -3.82. The molecule has 0 aliphatic carbocycles. The SMILES string of the molecule is Cc1cccc(NS(=O)(=O)c2ccc(C)c(C(=O)NCCOc3ccccc3)c2)c1. The lowest BCUT2D eigenvalue weighted by Gasteiger charge is -2.12. The van der Waals surface area contributed by atoms with Gasteiger partial charge in [0.25, 0.3) is 15.9 Å². The van der Waals surface area contributed by atoms with Crippen LogP contribution in [0, 0.1) is 13.8 Å². The number of carbonyl (C=O) groups excluding carboxylic acids is 1. The minimum atomic E-state index is -3.82. The summed E-state index contributed by atoms with van der Waals surface area (Å²) in [5.41, 5.74) is 2.41. The average molecular weight is 425 g/mol. The van der Waals surface area contributed by atoms with E-state index in [9.17, 15) is 13.2 Å². The number of hydrogen-bond donors (Lipinski definition) is 2. The summed E-state index contributed by atoms with van der Waals surface area (Å²) in [5.74, 6) is 0.370. The second-order valence-corrected chi connectivity index (χ2v) is 8.55. The Hall–Kier alpha value is -3.32. The maximum Gasteiger partial charge on any atom is 0.261 e. The molecule has 6 nitrogen and oxygen atoms in total. The Morgan fingerprint density at radius 3 is 2.43 bits per heavy atom. The molecule has 3 rings (SSSR count). The first-order chi connectivity index (χ1) is 14.3. The van der Waals surface area contributed by atoms with Crippen molar-refractivity contribution in [2.24, 2.45) is 0 Å². The molecule has 2 N–H and O–H groups in total. The molecule has 0 heterocycles. The monoisotopic (exact) mass is 424 g/mol. The molecule has 0 fully saturated rings. The third kappa shape index (κ3) is 5.61. The molecule has 0 aliphatic heterocycles. The molecule has 1 amide bonds. The summed E-state index contributed by atoms with van der Waals surface area (Å²) in [6, 6.07) is 20.9. The normalized spacial score (nSPS) is 11.0. The molecule has 3 aromatic carbocycles. The maximum atomic E-state index is 12.8. The predicted octanol–water partition coefficient (Wildman–Crippen LogP) is 3.91. The van der Waals surface area contributed by atoms with E-state index in [2.05, 4.69) is 10.0 Å². The van der Waals surface area contributed by atoms with Crippen molar-refractivity contribution in [2.75, 3.05) is 17.9 Å². The first-order valence-electron chi connectivity index (χ1n) is 9.51. The molecule has 0 bridgehead atoms.